The van der Waals surface area contributed by atoms with Gasteiger partial charge in [-0.15, -0.1) is 0 Å². The molecular formula is C14H15KO6. The molecule has 6 nitrogen and oxygen atoms in total. The summed E-state index contributed by atoms with van der Waals surface area (Å²) < 4.78 is 14.6. The Labute approximate surface area is 165 Å². The molecule has 0 unspecified atom stereocenters. The van der Waals surface area contributed by atoms with Crippen LogP contribution in [0.4, 0.5) is 0 Å². The first-order chi connectivity index (χ1) is 9.54. The van der Waals surface area contributed by atoms with E-state index in [1.54, 1.807) is 25.1 Å². The van der Waals surface area contributed by atoms with Crippen LogP contribution in [0.1, 0.15) is 12.5 Å². The van der Waals surface area contributed by atoms with Crippen LogP contribution in [0.25, 0.3) is 5.76 Å². The maximum absolute atomic E-state index is 12.1. The average molecular weight is 318 g/mol. The molecule has 0 aromatic heterocycles. The number of ether oxygens (including phenoxy) is 3. The molecule has 1 aromatic carbocycles. The quantitative estimate of drug-likeness (QED) is 0.190. The number of benzene rings is 1. The maximum atomic E-state index is 12.1. The molecule has 1 aromatic rings. The predicted molar refractivity (Wildman–Crippen MR) is 69.2 cm³/mol. The molecule has 0 N–H and O–H groups in total. The molecule has 0 aliphatic carbocycles. The number of carbonyl (C=O) groups excluding carboxylic acids is 2. The Bertz CT molecular complexity index is 516. The van der Waals surface area contributed by atoms with E-state index in [-0.39, 0.29) is 75.1 Å². The number of hydrogen-bond donors (Lipinski definition) is 0. The van der Waals surface area contributed by atoms with Gasteiger partial charge in [-0.25, -0.2) is 4.79 Å². The minimum Gasteiger partial charge on any atom is -0.872 e. The second-order valence-corrected chi connectivity index (χ2v) is 3.63. The summed E-state index contributed by atoms with van der Waals surface area (Å²) in [5, 5.41) is 12.1. The zero-order chi connectivity index (χ0) is 15.1. The Morgan fingerprint density at radius 1 is 1.19 bits per heavy atom. The molecule has 108 valence electrons. The molecule has 0 aliphatic heterocycles. The number of ketones is 1. The van der Waals surface area contributed by atoms with Crippen LogP contribution in [0.15, 0.2) is 24.3 Å². The van der Waals surface area contributed by atoms with E-state index in [2.05, 4.69) is 4.74 Å². The first-order valence-electron chi connectivity index (χ1n) is 5.86. The minimum atomic E-state index is -1.07. The van der Waals surface area contributed by atoms with Crippen molar-refractivity contribution < 1.29 is 80.3 Å². The largest absolute Gasteiger partial charge is 1.00 e. The van der Waals surface area contributed by atoms with Gasteiger partial charge in [0.25, 0.3) is 5.78 Å². The Kier molecular flexibility index (Phi) is 9.55. The summed E-state index contributed by atoms with van der Waals surface area (Å²) in [6.07, 6.45) is 0.665. The summed E-state index contributed by atoms with van der Waals surface area (Å²) in [4.78, 5) is 22.7. The summed E-state index contributed by atoms with van der Waals surface area (Å²) in [7, 11) is 2.78. The SMILES string of the molecule is CCOC(=O)C(=O)/C=C(\[O-])c1c(OC)cccc1OC.[K+]. The van der Waals surface area contributed by atoms with E-state index in [1.165, 1.54) is 14.2 Å². The normalized spacial score (nSPS) is 10.3. The van der Waals surface area contributed by atoms with Gasteiger partial charge in [-0.2, -0.15) is 0 Å². The summed E-state index contributed by atoms with van der Waals surface area (Å²) in [5.74, 6) is -2.28. The van der Waals surface area contributed by atoms with Crippen molar-refractivity contribution in [3.05, 3.63) is 29.8 Å². The zero-order valence-corrected chi connectivity index (χ0v) is 15.6. The Hall–Kier alpha value is -0.864. The second kappa shape index (κ2) is 9.96. The number of hydrogen-bond acceptors (Lipinski definition) is 6. The summed E-state index contributed by atoms with van der Waals surface area (Å²) in [6.45, 7) is 1.63. The Balaban J connectivity index is 0.00000400. The smallest absolute Gasteiger partial charge is 0.872 e. The third-order valence-electron chi connectivity index (χ3n) is 2.41. The molecule has 1 rings (SSSR count). The Morgan fingerprint density at radius 2 is 1.71 bits per heavy atom. The van der Waals surface area contributed by atoms with Crippen molar-refractivity contribution in [1.82, 2.24) is 0 Å². The Morgan fingerprint density at radius 3 is 2.14 bits per heavy atom. The summed E-state index contributed by atoms with van der Waals surface area (Å²) >= 11 is 0. The van der Waals surface area contributed by atoms with Crippen molar-refractivity contribution >= 4 is 17.5 Å². The summed E-state index contributed by atoms with van der Waals surface area (Å²) in [5.41, 5.74) is 0.0788. The molecule has 0 aliphatic rings. The fraction of sp³-hybridized carbons (Fsp3) is 0.286. The molecule has 21 heavy (non-hydrogen) atoms. The van der Waals surface area contributed by atoms with Crippen molar-refractivity contribution in [2.24, 2.45) is 0 Å². The van der Waals surface area contributed by atoms with Gasteiger partial charge in [0.05, 0.1) is 26.4 Å². The first kappa shape index (κ1) is 20.1. The number of carbonyl (C=O) groups is 2. The van der Waals surface area contributed by atoms with Crippen LogP contribution in [-0.2, 0) is 14.3 Å². The van der Waals surface area contributed by atoms with E-state index < -0.39 is 17.5 Å². The van der Waals surface area contributed by atoms with Crippen LogP contribution in [0.5, 0.6) is 11.5 Å². The van der Waals surface area contributed by atoms with E-state index in [0.717, 1.165) is 0 Å². The number of esters is 1. The van der Waals surface area contributed by atoms with Gasteiger partial charge in [-0.05, 0) is 25.1 Å². The molecule has 0 spiro atoms. The average Bonchev–Trinajstić information content (AvgIpc) is 2.46. The fourth-order valence-corrected chi connectivity index (χ4v) is 1.55. The first-order valence-corrected chi connectivity index (χ1v) is 5.86. The van der Waals surface area contributed by atoms with Gasteiger partial charge < -0.3 is 19.3 Å². The van der Waals surface area contributed by atoms with E-state index in [9.17, 15) is 14.7 Å². The van der Waals surface area contributed by atoms with Crippen LogP contribution < -0.4 is 66.0 Å². The van der Waals surface area contributed by atoms with Crippen molar-refractivity contribution in [1.29, 1.82) is 0 Å². The summed E-state index contributed by atoms with van der Waals surface area (Å²) in [6, 6.07) is 4.75. The van der Waals surface area contributed by atoms with Crippen LogP contribution in [0.3, 0.4) is 0 Å². The van der Waals surface area contributed by atoms with Crippen LogP contribution in [0, 0.1) is 0 Å². The van der Waals surface area contributed by atoms with Gasteiger partial charge in [-0.1, -0.05) is 11.8 Å². The van der Waals surface area contributed by atoms with Gasteiger partial charge in [0.15, 0.2) is 0 Å². The van der Waals surface area contributed by atoms with Crippen molar-refractivity contribution in [3.63, 3.8) is 0 Å². The molecular weight excluding hydrogens is 303 g/mol. The van der Waals surface area contributed by atoms with Crippen LogP contribution in [-0.4, -0.2) is 32.6 Å². The predicted octanol–water partition coefficient (Wildman–Crippen LogP) is -2.46. The van der Waals surface area contributed by atoms with Crippen molar-refractivity contribution in [2.75, 3.05) is 20.8 Å². The van der Waals surface area contributed by atoms with Crippen molar-refractivity contribution in [3.8, 4) is 11.5 Å². The monoisotopic (exact) mass is 318 g/mol. The second-order valence-electron chi connectivity index (χ2n) is 3.63. The molecule has 0 amide bonds. The molecule has 7 heteroatoms. The zero-order valence-electron chi connectivity index (χ0n) is 12.5. The molecule has 0 bridgehead atoms. The van der Waals surface area contributed by atoms with E-state index >= 15 is 0 Å². The number of methoxy groups -OCH3 is 2. The molecule has 0 saturated heterocycles. The van der Waals surface area contributed by atoms with E-state index in [0.29, 0.717) is 6.08 Å². The molecule has 0 saturated carbocycles. The topological polar surface area (TPSA) is 84.9 Å². The molecule has 0 heterocycles. The van der Waals surface area contributed by atoms with Crippen LogP contribution in [0.2, 0.25) is 0 Å². The van der Waals surface area contributed by atoms with Gasteiger partial charge in [-0.3, -0.25) is 4.79 Å². The third kappa shape index (κ3) is 5.44. The molecule has 0 atom stereocenters. The van der Waals surface area contributed by atoms with Gasteiger partial charge in [0, 0.05) is 0 Å². The molecule has 0 fully saturated rings. The fourth-order valence-electron chi connectivity index (χ4n) is 1.55. The molecule has 0 radical (unpaired) electrons. The van der Waals surface area contributed by atoms with Crippen LogP contribution >= 0.6 is 0 Å². The number of rotatable bonds is 6. The van der Waals surface area contributed by atoms with Gasteiger partial charge >= 0.3 is 57.4 Å². The van der Waals surface area contributed by atoms with Gasteiger partial charge in [0.1, 0.15) is 11.5 Å². The standard InChI is InChI=1S/C14H16O6.K/c1-4-20-14(17)10(16)8-9(15)13-11(18-2)6-5-7-12(13)19-3;/h5-8,15H,4H2,1-3H3;/q;+1/p-1/b9-8-;. The van der Waals surface area contributed by atoms with Crippen molar-refractivity contribution in [2.45, 2.75) is 6.92 Å². The third-order valence-corrected chi connectivity index (χ3v) is 2.41. The van der Waals surface area contributed by atoms with Gasteiger partial charge in [0.2, 0.25) is 0 Å². The minimum absolute atomic E-state index is 0. The van der Waals surface area contributed by atoms with E-state index in [1.807, 2.05) is 0 Å². The maximum Gasteiger partial charge on any atom is 1.00 e. The van der Waals surface area contributed by atoms with E-state index in [4.69, 9.17) is 9.47 Å².